The highest BCUT2D eigenvalue weighted by Crippen LogP contribution is 2.44. The van der Waals surface area contributed by atoms with E-state index in [2.05, 4.69) is 34.9 Å². The smallest absolute Gasteiger partial charge is 0.407 e. The van der Waals surface area contributed by atoms with E-state index in [-0.39, 0.29) is 24.5 Å². The Kier molecular flexibility index (Phi) is 9.29. The second-order valence-corrected chi connectivity index (χ2v) is 9.39. The highest BCUT2D eigenvalue weighted by Gasteiger charge is 2.29. The van der Waals surface area contributed by atoms with E-state index in [4.69, 9.17) is 9.84 Å². The van der Waals surface area contributed by atoms with Crippen LogP contribution in [0.15, 0.2) is 48.5 Å². The number of alkyl carbamates (subject to hydrolysis) is 1. The number of amides is 2. The summed E-state index contributed by atoms with van der Waals surface area (Å²) in [6, 6.07) is 15.5. The van der Waals surface area contributed by atoms with Gasteiger partial charge < -0.3 is 20.5 Å². The predicted molar refractivity (Wildman–Crippen MR) is 135 cm³/mol. The molecule has 2 amide bonds. The average Bonchev–Trinajstić information content (AvgIpc) is 3.16. The molecular weight excluding hydrogens is 444 g/mol. The maximum atomic E-state index is 12.8. The van der Waals surface area contributed by atoms with Crippen LogP contribution in [-0.2, 0) is 14.3 Å². The number of carbonyl (C=O) groups excluding carboxylic acids is 2. The number of nitrogens with one attached hydrogen (secondary N) is 2. The summed E-state index contributed by atoms with van der Waals surface area (Å²) >= 11 is 0. The third kappa shape index (κ3) is 6.84. The third-order valence-corrected chi connectivity index (χ3v) is 6.61. The lowest BCUT2D eigenvalue weighted by atomic mass is 9.98. The van der Waals surface area contributed by atoms with E-state index in [1.54, 1.807) is 6.92 Å². The SMILES string of the molecule is CCC[C@@H](NC(=O)OCC1c2ccccc2-c2ccccc21)C(=O)NC(C)CCCC(C)C(=O)O. The summed E-state index contributed by atoms with van der Waals surface area (Å²) in [5.74, 6) is -1.50. The summed E-state index contributed by atoms with van der Waals surface area (Å²) in [6.07, 6.45) is 2.56. The van der Waals surface area contributed by atoms with Crippen LogP contribution in [0.25, 0.3) is 11.1 Å². The Morgan fingerprint density at radius 3 is 2.09 bits per heavy atom. The van der Waals surface area contributed by atoms with Gasteiger partial charge in [-0.15, -0.1) is 0 Å². The Labute approximate surface area is 207 Å². The van der Waals surface area contributed by atoms with Crippen LogP contribution in [0.5, 0.6) is 0 Å². The van der Waals surface area contributed by atoms with Crippen molar-refractivity contribution >= 4 is 18.0 Å². The van der Waals surface area contributed by atoms with Crippen LogP contribution in [0.4, 0.5) is 4.79 Å². The maximum Gasteiger partial charge on any atom is 0.407 e. The first-order valence-electron chi connectivity index (χ1n) is 12.5. The molecule has 2 aromatic carbocycles. The van der Waals surface area contributed by atoms with Gasteiger partial charge in [-0.05, 0) is 48.4 Å². The first kappa shape index (κ1) is 26.3. The number of rotatable bonds is 12. The second kappa shape index (κ2) is 12.4. The van der Waals surface area contributed by atoms with Crippen molar-refractivity contribution < 1.29 is 24.2 Å². The van der Waals surface area contributed by atoms with Crippen LogP contribution in [0.2, 0.25) is 0 Å². The Hall–Kier alpha value is -3.35. The summed E-state index contributed by atoms with van der Waals surface area (Å²) in [5.41, 5.74) is 4.59. The van der Waals surface area contributed by atoms with Crippen molar-refractivity contribution in [2.24, 2.45) is 5.92 Å². The molecule has 0 spiro atoms. The lowest BCUT2D eigenvalue weighted by Gasteiger charge is -2.22. The number of carbonyl (C=O) groups is 3. The van der Waals surface area contributed by atoms with E-state index in [1.807, 2.05) is 38.1 Å². The Morgan fingerprint density at radius 1 is 0.914 bits per heavy atom. The van der Waals surface area contributed by atoms with Gasteiger partial charge in [0.2, 0.25) is 5.91 Å². The molecule has 1 aliphatic carbocycles. The van der Waals surface area contributed by atoms with E-state index < -0.39 is 24.0 Å². The molecule has 0 fully saturated rings. The van der Waals surface area contributed by atoms with E-state index in [9.17, 15) is 14.4 Å². The predicted octanol–water partition coefficient (Wildman–Crippen LogP) is 5.09. The van der Waals surface area contributed by atoms with Crippen LogP contribution < -0.4 is 10.6 Å². The number of ether oxygens (including phenoxy) is 1. The fraction of sp³-hybridized carbons (Fsp3) is 0.464. The summed E-state index contributed by atoms with van der Waals surface area (Å²) in [4.78, 5) is 36.4. The fourth-order valence-corrected chi connectivity index (χ4v) is 4.61. The van der Waals surface area contributed by atoms with Gasteiger partial charge in [0.15, 0.2) is 0 Å². The van der Waals surface area contributed by atoms with Gasteiger partial charge in [-0.2, -0.15) is 0 Å². The zero-order valence-corrected chi connectivity index (χ0v) is 20.8. The van der Waals surface area contributed by atoms with Crippen molar-refractivity contribution in [3.8, 4) is 11.1 Å². The normalized spacial score (nSPS) is 14.8. The zero-order valence-electron chi connectivity index (χ0n) is 20.8. The molecule has 0 saturated heterocycles. The number of carboxylic acids is 1. The molecule has 0 heterocycles. The van der Waals surface area contributed by atoms with Crippen LogP contribution >= 0.6 is 0 Å². The van der Waals surface area contributed by atoms with Crippen molar-refractivity contribution in [1.82, 2.24) is 10.6 Å². The molecule has 7 heteroatoms. The van der Waals surface area contributed by atoms with E-state index in [1.165, 1.54) is 0 Å². The van der Waals surface area contributed by atoms with Crippen LogP contribution in [0.1, 0.15) is 69.9 Å². The largest absolute Gasteiger partial charge is 0.481 e. The van der Waals surface area contributed by atoms with Gasteiger partial charge in [0.25, 0.3) is 0 Å². The van der Waals surface area contributed by atoms with Crippen LogP contribution in [-0.4, -0.2) is 41.8 Å². The van der Waals surface area contributed by atoms with Crippen LogP contribution in [0, 0.1) is 5.92 Å². The average molecular weight is 481 g/mol. The minimum Gasteiger partial charge on any atom is -0.481 e. The van der Waals surface area contributed by atoms with Crippen molar-refractivity contribution in [2.75, 3.05) is 6.61 Å². The minimum atomic E-state index is -0.808. The van der Waals surface area contributed by atoms with E-state index in [0.29, 0.717) is 25.7 Å². The molecule has 3 atom stereocenters. The standard InChI is InChI=1S/C28H36N2O5/c1-4-10-25(26(31)29-19(3)12-9-11-18(2)27(32)33)30-28(34)35-17-24-22-15-7-5-13-20(22)21-14-6-8-16-23(21)24/h5-8,13-16,18-19,24-25H,4,9-12,17H2,1-3H3,(H,29,31)(H,30,34)(H,32,33)/t18?,19?,25-/m1/s1. The Morgan fingerprint density at radius 2 is 1.51 bits per heavy atom. The van der Waals surface area contributed by atoms with Gasteiger partial charge in [0, 0.05) is 12.0 Å². The number of aliphatic carboxylic acids is 1. The lowest BCUT2D eigenvalue weighted by molar-refractivity contribution is -0.141. The molecule has 3 N–H and O–H groups in total. The maximum absolute atomic E-state index is 12.8. The molecule has 2 aromatic rings. The second-order valence-electron chi connectivity index (χ2n) is 9.39. The molecule has 0 aliphatic heterocycles. The minimum absolute atomic E-state index is 0.0418. The Bertz CT molecular complexity index is 992. The number of carboxylic acid groups (broad SMARTS) is 1. The van der Waals surface area contributed by atoms with Gasteiger partial charge in [0.05, 0.1) is 5.92 Å². The summed E-state index contributed by atoms with van der Waals surface area (Å²) in [7, 11) is 0. The lowest BCUT2D eigenvalue weighted by Crippen LogP contribution is -2.49. The fourth-order valence-electron chi connectivity index (χ4n) is 4.61. The molecule has 2 unspecified atom stereocenters. The molecule has 7 nitrogen and oxygen atoms in total. The number of hydrogen-bond donors (Lipinski definition) is 3. The molecule has 188 valence electrons. The van der Waals surface area contributed by atoms with Crippen LogP contribution in [0.3, 0.4) is 0 Å². The molecule has 3 rings (SSSR count). The molecule has 0 radical (unpaired) electrons. The van der Waals surface area contributed by atoms with E-state index in [0.717, 1.165) is 28.7 Å². The van der Waals surface area contributed by atoms with Gasteiger partial charge >= 0.3 is 12.1 Å². The third-order valence-electron chi connectivity index (χ3n) is 6.61. The summed E-state index contributed by atoms with van der Waals surface area (Å²) < 4.78 is 5.60. The molecule has 0 saturated carbocycles. The molecule has 1 aliphatic rings. The summed E-state index contributed by atoms with van der Waals surface area (Å²) in [6.45, 7) is 5.72. The highest BCUT2D eigenvalue weighted by atomic mass is 16.5. The monoisotopic (exact) mass is 480 g/mol. The molecule has 35 heavy (non-hydrogen) atoms. The van der Waals surface area contributed by atoms with Gasteiger partial charge in [-0.3, -0.25) is 9.59 Å². The molecular formula is C28H36N2O5. The topological polar surface area (TPSA) is 105 Å². The van der Waals surface area contributed by atoms with Gasteiger partial charge in [-0.1, -0.05) is 75.2 Å². The Balaban J connectivity index is 1.53. The van der Waals surface area contributed by atoms with E-state index >= 15 is 0 Å². The zero-order chi connectivity index (χ0) is 25.4. The molecule has 0 bridgehead atoms. The first-order chi connectivity index (χ1) is 16.8. The quantitative estimate of drug-likeness (QED) is 0.392. The van der Waals surface area contributed by atoms with Gasteiger partial charge in [0.1, 0.15) is 12.6 Å². The van der Waals surface area contributed by atoms with Gasteiger partial charge in [-0.25, -0.2) is 4.79 Å². The number of benzene rings is 2. The summed E-state index contributed by atoms with van der Waals surface area (Å²) in [5, 5.41) is 14.7. The molecule has 0 aromatic heterocycles. The van der Waals surface area contributed by atoms with Crippen molar-refractivity contribution in [2.45, 2.75) is 70.9 Å². The number of fused-ring (bicyclic) bond motifs is 3. The van der Waals surface area contributed by atoms with Crippen molar-refractivity contribution in [3.63, 3.8) is 0 Å². The van der Waals surface area contributed by atoms with Crippen molar-refractivity contribution in [1.29, 1.82) is 0 Å². The first-order valence-corrected chi connectivity index (χ1v) is 12.5. The highest BCUT2D eigenvalue weighted by molar-refractivity contribution is 5.86. The number of hydrogen-bond acceptors (Lipinski definition) is 4. The van der Waals surface area contributed by atoms with Crippen molar-refractivity contribution in [3.05, 3.63) is 59.7 Å².